The molecular formula is C14H17NO5S. The zero-order chi connectivity index (χ0) is 15.2. The van der Waals surface area contributed by atoms with Crippen LogP contribution in [-0.4, -0.2) is 46.1 Å². The molecule has 0 aromatic heterocycles. The fourth-order valence-electron chi connectivity index (χ4n) is 3.19. The van der Waals surface area contributed by atoms with Crippen molar-refractivity contribution in [2.24, 2.45) is 5.92 Å². The van der Waals surface area contributed by atoms with E-state index < -0.39 is 9.84 Å². The Bertz CT molecular complexity index is 685. The lowest BCUT2D eigenvalue weighted by molar-refractivity contribution is -0.117. The predicted octanol–water partition coefficient (Wildman–Crippen LogP) is 0.854. The summed E-state index contributed by atoms with van der Waals surface area (Å²) in [5, 5.41) is 0. The van der Waals surface area contributed by atoms with Crippen molar-refractivity contribution in [1.29, 1.82) is 0 Å². The normalized spacial score (nSPS) is 26.8. The van der Waals surface area contributed by atoms with Crippen LogP contribution >= 0.6 is 0 Å². The van der Waals surface area contributed by atoms with Gasteiger partial charge in [-0.2, -0.15) is 0 Å². The summed E-state index contributed by atoms with van der Waals surface area (Å²) in [6, 6.07) is 4.87. The van der Waals surface area contributed by atoms with E-state index in [1.54, 1.807) is 30.2 Å². The Balaban J connectivity index is 2.04. The van der Waals surface area contributed by atoms with Crippen molar-refractivity contribution in [2.45, 2.75) is 12.5 Å². The van der Waals surface area contributed by atoms with Crippen molar-refractivity contribution in [3.63, 3.8) is 0 Å². The Morgan fingerprint density at radius 2 is 1.95 bits per heavy atom. The molecule has 0 spiro atoms. The molecule has 0 unspecified atom stereocenters. The van der Waals surface area contributed by atoms with Gasteiger partial charge in [0.2, 0.25) is 5.91 Å². The Morgan fingerprint density at radius 3 is 2.62 bits per heavy atom. The van der Waals surface area contributed by atoms with Gasteiger partial charge in [-0.05, 0) is 12.1 Å². The number of nitrogens with zero attached hydrogens (tertiary/aromatic N) is 1. The third-order valence-electron chi connectivity index (χ3n) is 4.12. The highest BCUT2D eigenvalue weighted by Gasteiger charge is 2.49. The highest BCUT2D eigenvalue weighted by Crippen LogP contribution is 2.42. The minimum atomic E-state index is -3.07. The van der Waals surface area contributed by atoms with Crippen molar-refractivity contribution < 1.29 is 22.7 Å². The number of hydrogen-bond donors (Lipinski definition) is 0. The van der Waals surface area contributed by atoms with Crippen molar-refractivity contribution in [3.8, 4) is 11.5 Å². The largest absolute Gasteiger partial charge is 0.497 e. The standard InChI is InChI=1S/C14H17NO5S/c1-19-10-3-4-13(20-2)11(6-10)15-12-8-21(17,18)7-9(12)5-14(15)16/h3-4,6,9,12H,5,7-8H2,1-2H3/t9-,12+/m1/s1. The van der Waals surface area contributed by atoms with E-state index in [1.165, 1.54) is 7.11 Å². The van der Waals surface area contributed by atoms with Crippen molar-refractivity contribution in [3.05, 3.63) is 18.2 Å². The second-order valence-corrected chi connectivity index (χ2v) is 7.56. The average molecular weight is 311 g/mol. The van der Waals surface area contributed by atoms with Crippen LogP contribution in [0.25, 0.3) is 0 Å². The molecule has 0 bridgehead atoms. The molecular weight excluding hydrogens is 294 g/mol. The van der Waals surface area contributed by atoms with Gasteiger partial charge in [-0.25, -0.2) is 8.42 Å². The van der Waals surface area contributed by atoms with Gasteiger partial charge in [0.05, 0.1) is 37.5 Å². The number of ether oxygens (including phenoxy) is 2. The molecule has 0 radical (unpaired) electrons. The minimum absolute atomic E-state index is 0.0176. The number of amides is 1. The van der Waals surface area contributed by atoms with E-state index in [0.717, 1.165) is 0 Å². The summed E-state index contributed by atoms with van der Waals surface area (Å²) in [7, 11) is -0.00662. The van der Waals surface area contributed by atoms with E-state index in [9.17, 15) is 13.2 Å². The number of carbonyl (C=O) groups is 1. The Kier molecular flexibility index (Phi) is 3.32. The lowest BCUT2D eigenvalue weighted by atomic mass is 10.0. The highest BCUT2D eigenvalue weighted by molar-refractivity contribution is 7.91. The molecule has 2 heterocycles. The molecule has 1 aromatic carbocycles. The molecule has 1 aromatic rings. The Hall–Kier alpha value is -1.76. The summed E-state index contributed by atoms with van der Waals surface area (Å²) in [5.74, 6) is 1.05. The van der Waals surface area contributed by atoms with E-state index in [2.05, 4.69) is 0 Å². The maximum Gasteiger partial charge on any atom is 0.227 e. The molecule has 0 aliphatic carbocycles. The molecule has 2 atom stereocenters. The van der Waals surface area contributed by atoms with E-state index in [0.29, 0.717) is 17.2 Å². The van der Waals surface area contributed by atoms with Gasteiger partial charge in [0.25, 0.3) is 0 Å². The van der Waals surface area contributed by atoms with Gasteiger partial charge in [-0.3, -0.25) is 4.79 Å². The Labute approximate surface area is 123 Å². The fraction of sp³-hybridized carbons (Fsp3) is 0.500. The number of fused-ring (bicyclic) bond motifs is 1. The monoisotopic (exact) mass is 311 g/mol. The summed E-state index contributed by atoms with van der Waals surface area (Å²) in [6.07, 6.45) is 0.268. The smallest absolute Gasteiger partial charge is 0.227 e. The summed E-state index contributed by atoms with van der Waals surface area (Å²) < 4.78 is 34.1. The van der Waals surface area contributed by atoms with Crippen LogP contribution in [0.5, 0.6) is 11.5 Å². The van der Waals surface area contributed by atoms with Gasteiger partial charge in [0, 0.05) is 18.4 Å². The molecule has 7 heteroatoms. The lowest BCUT2D eigenvalue weighted by Gasteiger charge is -2.25. The number of carbonyl (C=O) groups excluding carboxylic acids is 1. The molecule has 114 valence electrons. The number of benzene rings is 1. The van der Waals surface area contributed by atoms with Gasteiger partial charge < -0.3 is 14.4 Å². The van der Waals surface area contributed by atoms with Gasteiger partial charge in [-0.1, -0.05) is 0 Å². The van der Waals surface area contributed by atoms with Crippen LogP contribution in [-0.2, 0) is 14.6 Å². The number of sulfone groups is 1. The lowest BCUT2D eigenvalue weighted by Crippen LogP contribution is -2.36. The first-order valence-electron chi connectivity index (χ1n) is 6.69. The van der Waals surface area contributed by atoms with Gasteiger partial charge in [-0.15, -0.1) is 0 Å². The number of methoxy groups -OCH3 is 2. The summed E-state index contributed by atoms with van der Waals surface area (Å²) >= 11 is 0. The SMILES string of the molecule is COc1ccc(OC)c(N2C(=O)C[C@@H]3CS(=O)(=O)C[C@@H]32)c1. The molecule has 2 aliphatic heterocycles. The predicted molar refractivity (Wildman–Crippen MR) is 77.6 cm³/mol. The Morgan fingerprint density at radius 1 is 1.19 bits per heavy atom. The number of anilines is 1. The fourth-order valence-corrected chi connectivity index (χ4v) is 5.26. The maximum absolute atomic E-state index is 12.3. The van der Waals surface area contributed by atoms with Crippen molar-refractivity contribution in [1.82, 2.24) is 0 Å². The third kappa shape index (κ3) is 2.35. The molecule has 0 saturated carbocycles. The molecule has 3 rings (SSSR count). The van der Waals surface area contributed by atoms with Crippen LogP contribution in [0, 0.1) is 5.92 Å². The van der Waals surface area contributed by atoms with Crippen LogP contribution in [0.2, 0.25) is 0 Å². The second kappa shape index (κ2) is 4.91. The molecule has 2 aliphatic rings. The van der Waals surface area contributed by atoms with Crippen LogP contribution in [0.4, 0.5) is 5.69 Å². The highest BCUT2D eigenvalue weighted by atomic mass is 32.2. The van der Waals surface area contributed by atoms with Crippen LogP contribution < -0.4 is 14.4 Å². The molecule has 21 heavy (non-hydrogen) atoms. The summed E-state index contributed by atoms with van der Waals surface area (Å²) in [5.41, 5.74) is 0.575. The molecule has 6 nitrogen and oxygen atoms in total. The number of rotatable bonds is 3. The first kappa shape index (κ1) is 14.2. The van der Waals surface area contributed by atoms with Gasteiger partial charge >= 0.3 is 0 Å². The van der Waals surface area contributed by atoms with E-state index >= 15 is 0 Å². The third-order valence-corrected chi connectivity index (χ3v) is 5.90. The maximum atomic E-state index is 12.3. The molecule has 1 amide bonds. The van der Waals surface area contributed by atoms with Crippen LogP contribution in [0.1, 0.15) is 6.42 Å². The molecule has 0 N–H and O–H groups in total. The van der Waals surface area contributed by atoms with Crippen LogP contribution in [0.3, 0.4) is 0 Å². The van der Waals surface area contributed by atoms with Crippen LogP contribution in [0.15, 0.2) is 18.2 Å². The quantitative estimate of drug-likeness (QED) is 0.827. The minimum Gasteiger partial charge on any atom is -0.497 e. The molecule has 2 saturated heterocycles. The van der Waals surface area contributed by atoms with E-state index in [-0.39, 0.29) is 35.8 Å². The van der Waals surface area contributed by atoms with E-state index in [1.807, 2.05) is 0 Å². The van der Waals surface area contributed by atoms with Gasteiger partial charge in [0.15, 0.2) is 9.84 Å². The topological polar surface area (TPSA) is 72.9 Å². The second-order valence-electron chi connectivity index (χ2n) is 5.41. The van der Waals surface area contributed by atoms with E-state index in [4.69, 9.17) is 9.47 Å². The first-order chi connectivity index (χ1) is 9.95. The number of hydrogen-bond acceptors (Lipinski definition) is 5. The zero-order valence-electron chi connectivity index (χ0n) is 11.9. The van der Waals surface area contributed by atoms with Crippen molar-refractivity contribution >= 4 is 21.4 Å². The molecule has 2 fully saturated rings. The van der Waals surface area contributed by atoms with Gasteiger partial charge in [0.1, 0.15) is 11.5 Å². The summed E-state index contributed by atoms with van der Waals surface area (Å²) in [4.78, 5) is 13.9. The van der Waals surface area contributed by atoms with Crippen molar-refractivity contribution in [2.75, 3.05) is 30.6 Å². The average Bonchev–Trinajstić information content (AvgIpc) is 2.88. The zero-order valence-corrected chi connectivity index (χ0v) is 12.7. The summed E-state index contributed by atoms with van der Waals surface area (Å²) in [6.45, 7) is 0. The first-order valence-corrected chi connectivity index (χ1v) is 8.52.